The summed E-state index contributed by atoms with van der Waals surface area (Å²) in [6, 6.07) is 6.79. The molecular weight excluding hydrogens is 304 g/mol. The fourth-order valence-corrected chi connectivity index (χ4v) is 3.33. The average Bonchev–Trinajstić information content (AvgIpc) is 3.23. The first-order valence-corrected chi connectivity index (χ1v) is 7.57. The van der Waals surface area contributed by atoms with Gasteiger partial charge in [-0.05, 0) is 47.0 Å². The van der Waals surface area contributed by atoms with Crippen LogP contribution in [0.15, 0.2) is 22.7 Å². The van der Waals surface area contributed by atoms with E-state index in [9.17, 15) is 0 Å². The number of amidine groups is 1. The first-order valence-electron chi connectivity index (χ1n) is 6.78. The minimum Gasteiger partial charge on any atom is -0.384 e. The van der Waals surface area contributed by atoms with Crippen molar-refractivity contribution in [3.05, 3.63) is 28.2 Å². The molecule has 1 aliphatic carbocycles. The third-order valence-corrected chi connectivity index (χ3v) is 4.61. The summed E-state index contributed by atoms with van der Waals surface area (Å²) in [5.74, 6) is 0.116. The summed E-state index contributed by atoms with van der Waals surface area (Å²) in [5, 5.41) is 7.46. The Morgan fingerprint density at radius 1 is 1.21 bits per heavy atom. The predicted molar refractivity (Wildman–Crippen MR) is 82.0 cm³/mol. The maximum Gasteiger partial charge on any atom is 0.122 e. The zero-order chi connectivity index (χ0) is 13.4. The molecule has 0 amide bonds. The van der Waals surface area contributed by atoms with E-state index in [4.69, 9.17) is 11.1 Å². The summed E-state index contributed by atoms with van der Waals surface area (Å²) in [7, 11) is 0. The molecule has 102 valence electrons. The SMILES string of the molecule is N=C(N)c1ccc(N2CCN(C3CC3)CC2)c(Br)c1. The highest BCUT2D eigenvalue weighted by Gasteiger charge is 2.31. The summed E-state index contributed by atoms with van der Waals surface area (Å²) in [5.41, 5.74) is 7.49. The number of nitrogens with two attached hydrogens (primary N) is 1. The lowest BCUT2D eigenvalue weighted by Gasteiger charge is -2.36. The van der Waals surface area contributed by atoms with Gasteiger partial charge >= 0.3 is 0 Å². The molecule has 1 heterocycles. The number of nitrogens with one attached hydrogen (secondary N) is 1. The summed E-state index contributed by atoms with van der Waals surface area (Å²) in [4.78, 5) is 5.02. The van der Waals surface area contributed by atoms with Gasteiger partial charge in [-0.25, -0.2) is 0 Å². The van der Waals surface area contributed by atoms with E-state index < -0.39 is 0 Å². The molecule has 0 aromatic heterocycles. The second-order valence-electron chi connectivity index (χ2n) is 5.33. The molecule has 2 fully saturated rings. The Morgan fingerprint density at radius 3 is 2.42 bits per heavy atom. The molecule has 1 aromatic carbocycles. The van der Waals surface area contributed by atoms with E-state index in [1.807, 2.05) is 12.1 Å². The Labute approximate surface area is 122 Å². The third kappa shape index (κ3) is 2.77. The van der Waals surface area contributed by atoms with Gasteiger partial charge in [0.2, 0.25) is 0 Å². The molecule has 0 atom stereocenters. The van der Waals surface area contributed by atoms with E-state index in [1.54, 1.807) is 0 Å². The van der Waals surface area contributed by atoms with Gasteiger partial charge in [0.25, 0.3) is 0 Å². The highest BCUT2D eigenvalue weighted by Crippen LogP contribution is 2.31. The lowest BCUT2D eigenvalue weighted by Crippen LogP contribution is -2.47. The van der Waals surface area contributed by atoms with E-state index in [-0.39, 0.29) is 5.84 Å². The molecule has 0 bridgehead atoms. The number of hydrogen-bond donors (Lipinski definition) is 2. The molecule has 5 heteroatoms. The van der Waals surface area contributed by atoms with Crippen LogP contribution in [-0.2, 0) is 0 Å². The smallest absolute Gasteiger partial charge is 0.122 e. The molecule has 0 spiro atoms. The van der Waals surface area contributed by atoms with Crippen molar-refractivity contribution in [2.45, 2.75) is 18.9 Å². The van der Waals surface area contributed by atoms with Crippen molar-refractivity contribution >= 4 is 27.5 Å². The predicted octanol–water partition coefficient (Wildman–Crippen LogP) is 2.02. The summed E-state index contributed by atoms with van der Waals surface area (Å²) in [6.07, 6.45) is 2.77. The quantitative estimate of drug-likeness (QED) is 0.661. The fraction of sp³-hybridized carbons (Fsp3) is 0.500. The highest BCUT2D eigenvalue weighted by atomic mass is 79.9. The molecule has 1 saturated heterocycles. The van der Waals surface area contributed by atoms with Crippen LogP contribution in [0.2, 0.25) is 0 Å². The monoisotopic (exact) mass is 322 g/mol. The van der Waals surface area contributed by atoms with Gasteiger partial charge in [-0.3, -0.25) is 10.3 Å². The minimum absolute atomic E-state index is 0.116. The number of piperazine rings is 1. The van der Waals surface area contributed by atoms with Gasteiger partial charge in [0.1, 0.15) is 5.84 Å². The Hall–Kier alpha value is -1.07. The van der Waals surface area contributed by atoms with Crippen LogP contribution in [0.25, 0.3) is 0 Å². The van der Waals surface area contributed by atoms with Gasteiger partial charge in [-0.1, -0.05) is 0 Å². The maximum absolute atomic E-state index is 7.46. The number of halogens is 1. The molecule has 3 rings (SSSR count). The van der Waals surface area contributed by atoms with Crippen LogP contribution in [0.1, 0.15) is 18.4 Å². The lowest BCUT2D eigenvalue weighted by atomic mass is 10.1. The fourth-order valence-electron chi connectivity index (χ4n) is 2.70. The van der Waals surface area contributed by atoms with Gasteiger partial charge in [0, 0.05) is 42.3 Å². The number of rotatable bonds is 3. The van der Waals surface area contributed by atoms with Gasteiger partial charge in [0.05, 0.1) is 5.69 Å². The first-order chi connectivity index (χ1) is 9.15. The average molecular weight is 323 g/mol. The molecule has 2 aliphatic rings. The van der Waals surface area contributed by atoms with Crippen LogP contribution >= 0.6 is 15.9 Å². The largest absolute Gasteiger partial charge is 0.384 e. The molecule has 3 N–H and O–H groups in total. The van der Waals surface area contributed by atoms with Gasteiger partial charge in [0.15, 0.2) is 0 Å². The minimum atomic E-state index is 0.116. The lowest BCUT2D eigenvalue weighted by molar-refractivity contribution is 0.248. The van der Waals surface area contributed by atoms with E-state index in [1.165, 1.54) is 18.5 Å². The second-order valence-corrected chi connectivity index (χ2v) is 6.19. The van der Waals surface area contributed by atoms with E-state index in [2.05, 4.69) is 31.8 Å². The third-order valence-electron chi connectivity index (χ3n) is 3.98. The molecule has 1 aromatic rings. The van der Waals surface area contributed by atoms with Crippen molar-refractivity contribution in [2.24, 2.45) is 5.73 Å². The molecule has 0 radical (unpaired) electrons. The maximum atomic E-state index is 7.46. The Morgan fingerprint density at radius 2 is 1.89 bits per heavy atom. The summed E-state index contributed by atoms with van der Waals surface area (Å²) in [6.45, 7) is 4.47. The Bertz CT molecular complexity index is 490. The summed E-state index contributed by atoms with van der Waals surface area (Å²) < 4.78 is 1.03. The number of hydrogen-bond acceptors (Lipinski definition) is 3. The first kappa shape index (κ1) is 12.9. The van der Waals surface area contributed by atoms with Crippen molar-refractivity contribution in [1.82, 2.24) is 4.90 Å². The van der Waals surface area contributed by atoms with Crippen molar-refractivity contribution in [1.29, 1.82) is 5.41 Å². The number of nitrogen functional groups attached to an aromatic ring is 1. The summed E-state index contributed by atoms with van der Waals surface area (Å²) >= 11 is 3.60. The van der Waals surface area contributed by atoms with Crippen LogP contribution in [0.3, 0.4) is 0 Å². The zero-order valence-corrected chi connectivity index (χ0v) is 12.5. The molecule has 19 heavy (non-hydrogen) atoms. The standard InChI is InChI=1S/C14H19BrN4/c15-12-9-10(14(16)17)1-4-13(12)19-7-5-18(6-8-19)11-2-3-11/h1,4,9,11H,2-3,5-8H2,(H3,16,17). The molecule has 1 saturated carbocycles. The molecule has 0 unspecified atom stereocenters. The molecule has 4 nitrogen and oxygen atoms in total. The van der Waals surface area contributed by atoms with Crippen LogP contribution in [-0.4, -0.2) is 43.0 Å². The van der Waals surface area contributed by atoms with E-state index in [0.717, 1.165) is 42.3 Å². The van der Waals surface area contributed by atoms with Gasteiger partial charge < -0.3 is 10.6 Å². The van der Waals surface area contributed by atoms with Crippen LogP contribution < -0.4 is 10.6 Å². The van der Waals surface area contributed by atoms with Crippen molar-refractivity contribution in [3.63, 3.8) is 0 Å². The number of anilines is 1. The zero-order valence-electron chi connectivity index (χ0n) is 10.9. The second kappa shape index (κ2) is 5.13. The van der Waals surface area contributed by atoms with Crippen LogP contribution in [0, 0.1) is 5.41 Å². The Kier molecular flexibility index (Phi) is 3.50. The van der Waals surface area contributed by atoms with E-state index >= 15 is 0 Å². The van der Waals surface area contributed by atoms with Crippen LogP contribution in [0.5, 0.6) is 0 Å². The molecular formula is C14H19BrN4. The number of benzene rings is 1. The number of nitrogens with zero attached hydrogens (tertiary/aromatic N) is 2. The van der Waals surface area contributed by atoms with Crippen molar-refractivity contribution < 1.29 is 0 Å². The normalized spacial score (nSPS) is 20.6. The van der Waals surface area contributed by atoms with Gasteiger partial charge in [-0.15, -0.1) is 0 Å². The Balaban J connectivity index is 1.70. The van der Waals surface area contributed by atoms with Crippen molar-refractivity contribution in [3.8, 4) is 0 Å². The van der Waals surface area contributed by atoms with Crippen molar-refractivity contribution in [2.75, 3.05) is 31.1 Å². The van der Waals surface area contributed by atoms with Crippen LogP contribution in [0.4, 0.5) is 5.69 Å². The van der Waals surface area contributed by atoms with E-state index in [0.29, 0.717) is 0 Å². The highest BCUT2D eigenvalue weighted by molar-refractivity contribution is 9.10. The topological polar surface area (TPSA) is 56.4 Å². The van der Waals surface area contributed by atoms with Gasteiger partial charge in [-0.2, -0.15) is 0 Å². The molecule has 1 aliphatic heterocycles.